The molecule has 1 spiro atoms. The van der Waals surface area contributed by atoms with E-state index in [1.807, 2.05) is 5.57 Å². The van der Waals surface area contributed by atoms with Gasteiger partial charge in [-0.2, -0.15) is 0 Å². The number of rotatable bonds is 0. The fraction of sp³-hybridized carbons (Fsp3) is 0.800. The van der Waals surface area contributed by atoms with E-state index in [9.17, 15) is 0 Å². The summed E-state index contributed by atoms with van der Waals surface area (Å²) in [6.07, 6.45) is 11.5. The first-order valence-electron chi connectivity index (χ1n) is 4.59. The molecule has 0 amide bonds. The second-order valence-corrected chi connectivity index (χ2v) is 4.36. The Morgan fingerprint density at radius 2 is 2.40 bits per heavy atom. The van der Waals surface area contributed by atoms with Crippen LogP contribution in [0.2, 0.25) is 0 Å². The third-order valence-electron chi connectivity index (χ3n) is 3.91. The van der Waals surface area contributed by atoms with E-state index < -0.39 is 0 Å². The Kier molecular flexibility index (Phi) is 0.805. The molecule has 0 aromatic heterocycles. The molecular weight excluding hydrogens is 120 g/mol. The van der Waals surface area contributed by atoms with Crippen LogP contribution in [-0.4, -0.2) is 0 Å². The van der Waals surface area contributed by atoms with Gasteiger partial charge in [0.2, 0.25) is 0 Å². The first-order chi connectivity index (χ1) is 4.89. The third kappa shape index (κ3) is 0.457. The standard InChI is InChI=1S/C10H14/c1-2-9-6-8-3-5-10(9,4-1)7-8/h2,8H,1,3-7H2. The maximum Gasteiger partial charge on any atom is -0.00822 e. The summed E-state index contributed by atoms with van der Waals surface area (Å²) in [7, 11) is 0. The second-order valence-electron chi connectivity index (χ2n) is 4.36. The van der Waals surface area contributed by atoms with E-state index in [0.29, 0.717) is 0 Å². The lowest BCUT2D eigenvalue weighted by Crippen LogP contribution is -2.11. The molecule has 54 valence electrons. The van der Waals surface area contributed by atoms with Crippen molar-refractivity contribution in [2.45, 2.75) is 38.5 Å². The molecule has 0 aliphatic heterocycles. The molecule has 0 saturated heterocycles. The van der Waals surface area contributed by atoms with Crippen molar-refractivity contribution in [2.75, 3.05) is 0 Å². The molecule has 0 aromatic rings. The molecule has 3 aliphatic rings. The Labute approximate surface area is 62.3 Å². The molecule has 3 aliphatic carbocycles. The van der Waals surface area contributed by atoms with Crippen LogP contribution in [0.3, 0.4) is 0 Å². The molecule has 2 saturated carbocycles. The molecule has 0 N–H and O–H groups in total. The number of hydrogen-bond donors (Lipinski definition) is 0. The van der Waals surface area contributed by atoms with Crippen molar-refractivity contribution in [2.24, 2.45) is 11.3 Å². The fourth-order valence-electron chi connectivity index (χ4n) is 3.44. The van der Waals surface area contributed by atoms with Crippen molar-refractivity contribution in [1.82, 2.24) is 0 Å². The van der Waals surface area contributed by atoms with Gasteiger partial charge in [0.25, 0.3) is 0 Å². The van der Waals surface area contributed by atoms with E-state index >= 15 is 0 Å². The predicted molar refractivity (Wildman–Crippen MR) is 41.7 cm³/mol. The van der Waals surface area contributed by atoms with Gasteiger partial charge in [-0.15, -0.1) is 0 Å². The Bertz CT molecular complexity index is 202. The van der Waals surface area contributed by atoms with Crippen molar-refractivity contribution in [3.05, 3.63) is 11.6 Å². The lowest BCUT2D eigenvalue weighted by Gasteiger charge is -2.23. The Morgan fingerprint density at radius 3 is 3.20 bits per heavy atom. The Balaban J connectivity index is 2.09. The van der Waals surface area contributed by atoms with Crippen molar-refractivity contribution in [3.8, 4) is 0 Å². The monoisotopic (exact) mass is 134 g/mol. The van der Waals surface area contributed by atoms with Crippen LogP contribution in [0.15, 0.2) is 11.6 Å². The van der Waals surface area contributed by atoms with Crippen molar-refractivity contribution in [3.63, 3.8) is 0 Å². The van der Waals surface area contributed by atoms with Gasteiger partial charge in [-0.3, -0.25) is 0 Å². The second kappa shape index (κ2) is 1.49. The molecule has 10 heavy (non-hydrogen) atoms. The minimum absolute atomic E-state index is 0.782. The van der Waals surface area contributed by atoms with Crippen LogP contribution in [0.4, 0.5) is 0 Å². The minimum Gasteiger partial charge on any atom is -0.0847 e. The first kappa shape index (κ1) is 5.40. The zero-order valence-electron chi connectivity index (χ0n) is 6.40. The lowest BCUT2D eigenvalue weighted by atomic mass is 9.81. The maximum atomic E-state index is 2.53. The van der Waals surface area contributed by atoms with Crippen molar-refractivity contribution < 1.29 is 0 Å². The summed E-state index contributed by atoms with van der Waals surface area (Å²) < 4.78 is 0. The topological polar surface area (TPSA) is 0 Å². The Morgan fingerprint density at radius 1 is 1.40 bits per heavy atom. The van der Waals surface area contributed by atoms with Crippen LogP contribution in [0.5, 0.6) is 0 Å². The maximum absolute atomic E-state index is 2.53. The summed E-state index contributed by atoms with van der Waals surface area (Å²) in [5.41, 5.74) is 2.63. The summed E-state index contributed by atoms with van der Waals surface area (Å²) in [5.74, 6) is 1.10. The highest BCUT2D eigenvalue weighted by Gasteiger charge is 2.49. The van der Waals surface area contributed by atoms with Crippen molar-refractivity contribution >= 4 is 0 Å². The SMILES string of the molecule is C1=C2CC3CCC2(CC1)C3. The van der Waals surface area contributed by atoms with Crippen LogP contribution >= 0.6 is 0 Å². The number of allylic oxidation sites excluding steroid dienone is 2. The molecule has 0 nitrogen and oxygen atoms in total. The molecule has 2 fully saturated rings. The van der Waals surface area contributed by atoms with Crippen molar-refractivity contribution in [1.29, 1.82) is 0 Å². The molecule has 2 unspecified atom stereocenters. The quantitative estimate of drug-likeness (QED) is 0.447. The van der Waals surface area contributed by atoms with Crippen LogP contribution < -0.4 is 0 Å². The third-order valence-corrected chi connectivity index (χ3v) is 3.91. The molecule has 0 heteroatoms. The molecule has 2 bridgehead atoms. The van der Waals surface area contributed by atoms with Gasteiger partial charge in [-0.05, 0) is 49.9 Å². The average Bonchev–Trinajstić information content (AvgIpc) is 2.48. The zero-order valence-corrected chi connectivity index (χ0v) is 6.40. The van der Waals surface area contributed by atoms with Crippen LogP contribution in [-0.2, 0) is 0 Å². The first-order valence-corrected chi connectivity index (χ1v) is 4.59. The predicted octanol–water partition coefficient (Wildman–Crippen LogP) is 2.90. The summed E-state index contributed by atoms with van der Waals surface area (Å²) >= 11 is 0. The van der Waals surface area contributed by atoms with Gasteiger partial charge in [0.1, 0.15) is 0 Å². The zero-order chi connectivity index (χ0) is 6.60. The molecule has 0 radical (unpaired) electrons. The van der Waals surface area contributed by atoms with Gasteiger partial charge in [0.15, 0.2) is 0 Å². The molecular formula is C10H14. The van der Waals surface area contributed by atoms with Crippen LogP contribution in [0.25, 0.3) is 0 Å². The molecule has 3 rings (SSSR count). The van der Waals surface area contributed by atoms with E-state index in [-0.39, 0.29) is 0 Å². The smallest absolute Gasteiger partial charge is 0.00822 e. The molecule has 0 aromatic carbocycles. The van der Waals surface area contributed by atoms with Crippen LogP contribution in [0, 0.1) is 11.3 Å². The van der Waals surface area contributed by atoms with E-state index in [1.165, 1.54) is 32.1 Å². The minimum atomic E-state index is 0.782. The van der Waals surface area contributed by atoms with Gasteiger partial charge in [-0.1, -0.05) is 11.6 Å². The van der Waals surface area contributed by atoms with Gasteiger partial charge in [0, 0.05) is 0 Å². The van der Waals surface area contributed by atoms with E-state index in [0.717, 1.165) is 11.3 Å². The summed E-state index contributed by atoms with van der Waals surface area (Å²) in [6, 6.07) is 0. The molecule has 0 heterocycles. The lowest BCUT2D eigenvalue weighted by molar-refractivity contribution is 0.379. The van der Waals surface area contributed by atoms with Gasteiger partial charge >= 0.3 is 0 Å². The summed E-state index contributed by atoms with van der Waals surface area (Å²) in [6.45, 7) is 0. The van der Waals surface area contributed by atoms with Gasteiger partial charge in [0.05, 0.1) is 0 Å². The normalized spacial score (nSPS) is 49.6. The Hall–Kier alpha value is -0.260. The number of fused-ring (bicyclic) bond motifs is 1. The highest BCUT2D eigenvalue weighted by Crippen LogP contribution is 2.62. The van der Waals surface area contributed by atoms with Gasteiger partial charge in [-0.25, -0.2) is 0 Å². The molecule has 2 atom stereocenters. The van der Waals surface area contributed by atoms with E-state index in [4.69, 9.17) is 0 Å². The van der Waals surface area contributed by atoms with E-state index in [2.05, 4.69) is 6.08 Å². The van der Waals surface area contributed by atoms with Gasteiger partial charge < -0.3 is 0 Å². The average molecular weight is 134 g/mol. The fourth-order valence-corrected chi connectivity index (χ4v) is 3.44. The van der Waals surface area contributed by atoms with Crippen LogP contribution in [0.1, 0.15) is 38.5 Å². The highest BCUT2D eigenvalue weighted by atomic mass is 14.5. The van der Waals surface area contributed by atoms with E-state index in [1.54, 1.807) is 6.42 Å². The summed E-state index contributed by atoms with van der Waals surface area (Å²) in [4.78, 5) is 0. The summed E-state index contributed by atoms with van der Waals surface area (Å²) in [5, 5.41) is 0. The largest absolute Gasteiger partial charge is 0.0847 e. The highest BCUT2D eigenvalue weighted by molar-refractivity contribution is 5.28. The number of hydrogen-bond acceptors (Lipinski definition) is 0.